The second kappa shape index (κ2) is 5.07. The summed E-state index contributed by atoms with van der Waals surface area (Å²) in [5, 5.41) is 11.4. The van der Waals surface area contributed by atoms with Gasteiger partial charge in [0.2, 0.25) is 5.91 Å². The molecule has 0 heterocycles. The fourth-order valence-corrected chi connectivity index (χ4v) is 2.05. The number of hydrogen-bond acceptors (Lipinski definition) is 3. The van der Waals surface area contributed by atoms with E-state index in [1.807, 2.05) is 0 Å². The molecule has 5 nitrogen and oxygen atoms in total. The van der Waals surface area contributed by atoms with Crippen LogP contribution in [-0.4, -0.2) is 30.0 Å². The number of aromatic carboxylic acids is 1. The van der Waals surface area contributed by atoms with Gasteiger partial charge in [0.05, 0.1) is 12.2 Å². The standard InChI is InChI=1S/C14H15F2NO4/c1-13(7-14(13,15)16)12(20)17-10-4-8(6-21-2)3-9(5-10)11(18)19/h3-5H,6-7H2,1-2H3,(H,17,20)(H,18,19)/t13-/m0/s1. The maximum absolute atomic E-state index is 13.2. The van der Waals surface area contributed by atoms with E-state index in [1.165, 1.54) is 32.2 Å². The van der Waals surface area contributed by atoms with Crippen LogP contribution in [0.25, 0.3) is 0 Å². The van der Waals surface area contributed by atoms with Crippen LogP contribution < -0.4 is 5.32 Å². The molecular formula is C14H15F2NO4. The molecule has 0 saturated heterocycles. The molecule has 0 aliphatic heterocycles. The number of carboxylic acid groups (broad SMARTS) is 1. The maximum atomic E-state index is 13.2. The minimum absolute atomic E-state index is 0.0486. The van der Waals surface area contributed by atoms with Crippen molar-refractivity contribution in [1.82, 2.24) is 0 Å². The van der Waals surface area contributed by atoms with E-state index >= 15 is 0 Å². The number of nitrogens with one attached hydrogen (secondary N) is 1. The number of alkyl halides is 2. The van der Waals surface area contributed by atoms with Crippen LogP contribution in [0.1, 0.15) is 29.3 Å². The molecule has 0 unspecified atom stereocenters. The molecule has 1 aromatic rings. The Balaban J connectivity index is 2.23. The lowest BCUT2D eigenvalue weighted by atomic mass is 10.1. The third-order valence-corrected chi connectivity index (χ3v) is 3.57. The zero-order valence-electron chi connectivity index (χ0n) is 11.6. The zero-order valence-corrected chi connectivity index (χ0v) is 11.6. The Morgan fingerprint density at radius 2 is 2.00 bits per heavy atom. The lowest BCUT2D eigenvalue weighted by molar-refractivity contribution is -0.123. The Hall–Kier alpha value is -2.02. The predicted molar refractivity (Wildman–Crippen MR) is 70.4 cm³/mol. The molecule has 1 aromatic carbocycles. The van der Waals surface area contributed by atoms with Crippen molar-refractivity contribution in [2.24, 2.45) is 5.41 Å². The second-order valence-corrected chi connectivity index (χ2v) is 5.32. The van der Waals surface area contributed by atoms with Gasteiger partial charge in [-0.25, -0.2) is 13.6 Å². The summed E-state index contributed by atoms with van der Waals surface area (Å²) in [6.45, 7) is 1.33. The Labute approximate surface area is 119 Å². The van der Waals surface area contributed by atoms with Crippen molar-refractivity contribution in [3.63, 3.8) is 0 Å². The van der Waals surface area contributed by atoms with Crippen molar-refractivity contribution in [1.29, 1.82) is 0 Å². The predicted octanol–water partition coefficient (Wildman–Crippen LogP) is 2.51. The number of hydrogen-bond donors (Lipinski definition) is 2. The Kier molecular flexibility index (Phi) is 3.71. The van der Waals surface area contributed by atoms with Crippen LogP contribution >= 0.6 is 0 Å². The SMILES string of the molecule is COCc1cc(NC(=O)[C@]2(C)CC2(F)F)cc(C(=O)O)c1. The summed E-state index contributed by atoms with van der Waals surface area (Å²) in [6, 6.07) is 4.12. The molecule has 0 bridgehead atoms. The molecule has 1 atom stereocenters. The average molecular weight is 299 g/mol. The minimum atomic E-state index is -3.02. The molecule has 0 radical (unpaired) electrons. The summed E-state index contributed by atoms with van der Waals surface area (Å²) >= 11 is 0. The number of ether oxygens (including phenoxy) is 1. The number of amides is 1. The Bertz CT molecular complexity index is 603. The fraction of sp³-hybridized carbons (Fsp3) is 0.429. The van der Waals surface area contributed by atoms with E-state index in [4.69, 9.17) is 9.84 Å². The molecule has 0 spiro atoms. The molecule has 0 aromatic heterocycles. The van der Waals surface area contributed by atoms with Crippen molar-refractivity contribution in [2.45, 2.75) is 25.9 Å². The highest BCUT2D eigenvalue weighted by molar-refractivity contribution is 5.99. The summed E-state index contributed by atoms with van der Waals surface area (Å²) in [7, 11) is 1.44. The van der Waals surface area contributed by atoms with Gasteiger partial charge in [-0.05, 0) is 30.7 Å². The highest BCUT2D eigenvalue weighted by Crippen LogP contribution is 2.60. The maximum Gasteiger partial charge on any atom is 0.335 e. The summed E-state index contributed by atoms with van der Waals surface area (Å²) in [6.07, 6.45) is -0.505. The van der Waals surface area contributed by atoms with E-state index in [9.17, 15) is 18.4 Å². The van der Waals surface area contributed by atoms with E-state index in [0.717, 1.165) is 0 Å². The number of halogens is 2. The molecule has 114 valence electrons. The van der Waals surface area contributed by atoms with E-state index < -0.39 is 29.6 Å². The molecule has 1 aliphatic carbocycles. The first-order valence-corrected chi connectivity index (χ1v) is 6.25. The average Bonchev–Trinajstić information content (AvgIpc) is 2.90. The molecule has 1 aliphatic rings. The second-order valence-electron chi connectivity index (χ2n) is 5.32. The quantitative estimate of drug-likeness (QED) is 0.876. The molecule has 21 heavy (non-hydrogen) atoms. The van der Waals surface area contributed by atoms with Crippen LogP contribution in [0.15, 0.2) is 18.2 Å². The van der Waals surface area contributed by atoms with Crippen molar-refractivity contribution in [2.75, 3.05) is 12.4 Å². The smallest absolute Gasteiger partial charge is 0.335 e. The lowest BCUT2D eigenvalue weighted by Crippen LogP contribution is -2.26. The van der Waals surface area contributed by atoms with Crippen molar-refractivity contribution < 1.29 is 28.2 Å². The number of rotatable bonds is 5. The van der Waals surface area contributed by atoms with E-state index in [1.54, 1.807) is 0 Å². The summed E-state index contributed by atoms with van der Waals surface area (Å²) in [4.78, 5) is 22.9. The van der Waals surface area contributed by atoms with Crippen LogP contribution in [0.4, 0.5) is 14.5 Å². The van der Waals surface area contributed by atoms with Gasteiger partial charge in [-0.2, -0.15) is 0 Å². The molecule has 7 heteroatoms. The number of carbonyl (C=O) groups excluding carboxylic acids is 1. The first kappa shape index (κ1) is 15.4. The molecule has 2 rings (SSSR count). The van der Waals surface area contributed by atoms with Gasteiger partial charge >= 0.3 is 5.97 Å². The van der Waals surface area contributed by atoms with Gasteiger partial charge in [0.25, 0.3) is 5.92 Å². The van der Waals surface area contributed by atoms with Gasteiger partial charge in [-0.3, -0.25) is 4.79 Å². The molecular weight excluding hydrogens is 284 g/mol. The molecule has 1 fully saturated rings. The van der Waals surface area contributed by atoms with Gasteiger partial charge < -0.3 is 15.2 Å². The van der Waals surface area contributed by atoms with Crippen LogP contribution in [0.2, 0.25) is 0 Å². The molecule has 2 N–H and O–H groups in total. The monoisotopic (exact) mass is 299 g/mol. The van der Waals surface area contributed by atoms with Gasteiger partial charge in [-0.1, -0.05) is 0 Å². The Morgan fingerprint density at radius 1 is 1.38 bits per heavy atom. The van der Waals surface area contributed by atoms with Gasteiger partial charge in [-0.15, -0.1) is 0 Å². The third kappa shape index (κ3) is 2.87. The molecule has 1 saturated carbocycles. The topological polar surface area (TPSA) is 75.6 Å². The summed E-state index contributed by atoms with van der Waals surface area (Å²) in [5.74, 6) is -5.01. The first-order chi connectivity index (χ1) is 9.69. The van der Waals surface area contributed by atoms with Crippen LogP contribution in [0.5, 0.6) is 0 Å². The van der Waals surface area contributed by atoms with Gasteiger partial charge in [0, 0.05) is 19.2 Å². The largest absolute Gasteiger partial charge is 0.478 e. The first-order valence-electron chi connectivity index (χ1n) is 6.25. The highest BCUT2D eigenvalue weighted by atomic mass is 19.3. The van der Waals surface area contributed by atoms with Crippen LogP contribution in [-0.2, 0) is 16.1 Å². The number of carboxylic acids is 1. The Morgan fingerprint density at radius 3 is 2.48 bits per heavy atom. The fourth-order valence-electron chi connectivity index (χ4n) is 2.05. The summed E-state index contributed by atoms with van der Waals surface area (Å²) < 4.78 is 31.2. The van der Waals surface area contributed by atoms with Crippen molar-refractivity contribution >= 4 is 17.6 Å². The number of carbonyl (C=O) groups is 2. The highest BCUT2D eigenvalue weighted by Gasteiger charge is 2.72. The number of anilines is 1. The van der Waals surface area contributed by atoms with E-state index in [0.29, 0.717) is 5.56 Å². The van der Waals surface area contributed by atoms with Crippen molar-refractivity contribution in [3.05, 3.63) is 29.3 Å². The third-order valence-electron chi connectivity index (χ3n) is 3.57. The normalized spacial score (nSPS) is 22.7. The van der Waals surface area contributed by atoms with Crippen LogP contribution in [0.3, 0.4) is 0 Å². The van der Waals surface area contributed by atoms with Crippen LogP contribution in [0, 0.1) is 5.41 Å². The number of benzene rings is 1. The lowest BCUT2D eigenvalue weighted by Gasteiger charge is -2.13. The molecule has 1 amide bonds. The van der Waals surface area contributed by atoms with Crippen molar-refractivity contribution in [3.8, 4) is 0 Å². The zero-order chi connectivity index (χ0) is 15.8. The van der Waals surface area contributed by atoms with Gasteiger partial charge in [0.1, 0.15) is 5.41 Å². The van der Waals surface area contributed by atoms with Gasteiger partial charge in [0.15, 0.2) is 0 Å². The minimum Gasteiger partial charge on any atom is -0.478 e. The number of methoxy groups -OCH3 is 1. The summed E-state index contributed by atoms with van der Waals surface area (Å²) in [5.41, 5.74) is -1.09. The van der Waals surface area contributed by atoms with E-state index in [-0.39, 0.29) is 17.9 Å². The van der Waals surface area contributed by atoms with E-state index in [2.05, 4.69) is 5.32 Å².